The van der Waals surface area contributed by atoms with Crippen LogP contribution < -0.4 is 0 Å². The van der Waals surface area contributed by atoms with Crippen molar-refractivity contribution >= 4 is 11.8 Å². The van der Waals surface area contributed by atoms with Crippen molar-refractivity contribution < 1.29 is 14.3 Å². The fraction of sp³-hybridized carbons (Fsp3) is 0.429. The van der Waals surface area contributed by atoms with Gasteiger partial charge in [-0.15, -0.1) is 0 Å². The van der Waals surface area contributed by atoms with Crippen molar-refractivity contribution in [3.8, 4) is 0 Å². The summed E-state index contributed by atoms with van der Waals surface area (Å²) in [5.41, 5.74) is 2.50. The van der Waals surface area contributed by atoms with E-state index >= 15 is 0 Å². The normalized spacial score (nSPS) is 19.9. The first-order chi connectivity index (χ1) is 8.17. The molecule has 2 aliphatic carbocycles. The zero-order valence-electron chi connectivity index (χ0n) is 9.79. The number of hydrogen-bond acceptors (Lipinski definition) is 3. The number of carbonyl (C=O) groups is 2. The van der Waals surface area contributed by atoms with Gasteiger partial charge in [-0.1, -0.05) is 18.2 Å². The van der Waals surface area contributed by atoms with Crippen LogP contribution in [0.25, 0.3) is 0 Å². The summed E-state index contributed by atoms with van der Waals surface area (Å²) in [6, 6.07) is 5.79. The van der Waals surface area contributed by atoms with Gasteiger partial charge in [-0.05, 0) is 30.4 Å². The highest BCUT2D eigenvalue weighted by Crippen LogP contribution is 2.49. The summed E-state index contributed by atoms with van der Waals surface area (Å²) in [4.78, 5) is 23.3. The van der Waals surface area contributed by atoms with Gasteiger partial charge in [-0.3, -0.25) is 9.59 Å². The van der Waals surface area contributed by atoms with Gasteiger partial charge in [0.25, 0.3) is 0 Å². The molecule has 1 fully saturated rings. The molecule has 0 radical (unpaired) electrons. The lowest BCUT2D eigenvalue weighted by molar-refractivity contribution is -0.143. The first kappa shape index (κ1) is 10.5. The molecular formula is C14H14O3. The molecule has 0 N–H and O–H groups in total. The first-order valence-corrected chi connectivity index (χ1v) is 5.92. The molecule has 1 aromatic rings. The number of esters is 1. The molecule has 0 aromatic heterocycles. The summed E-state index contributed by atoms with van der Waals surface area (Å²) in [5.74, 6) is 0.0660. The first-order valence-electron chi connectivity index (χ1n) is 5.92. The molecule has 0 bridgehead atoms. The molecule has 88 valence electrons. The van der Waals surface area contributed by atoms with Crippen LogP contribution >= 0.6 is 0 Å². The third kappa shape index (κ3) is 1.42. The Labute approximate surface area is 99.8 Å². The highest BCUT2D eigenvalue weighted by molar-refractivity contribution is 6.00. The molecule has 3 rings (SSSR count). The van der Waals surface area contributed by atoms with Gasteiger partial charge in [0, 0.05) is 12.0 Å². The summed E-state index contributed by atoms with van der Waals surface area (Å²) in [6.45, 7) is 0. The van der Waals surface area contributed by atoms with Gasteiger partial charge in [0.1, 0.15) is 0 Å². The zero-order valence-corrected chi connectivity index (χ0v) is 9.79. The maximum absolute atomic E-state index is 11.8. The number of Topliss-reactive ketones (excluding diaryl/α,β-unsaturated/α-hetero) is 1. The molecular weight excluding hydrogens is 216 g/mol. The molecule has 0 heterocycles. The smallest absolute Gasteiger partial charge is 0.316 e. The van der Waals surface area contributed by atoms with Crippen LogP contribution in [0.2, 0.25) is 0 Å². The molecule has 0 amide bonds. The van der Waals surface area contributed by atoms with Crippen molar-refractivity contribution in [3.63, 3.8) is 0 Å². The van der Waals surface area contributed by atoms with Gasteiger partial charge < -0.3 is 4.74 Å². The molecule has 0 saturated heterocycles. The predicted octanol–water partition coefficient (Wildman–Crippen LogP) is 2.02. The monoisotopic (exact) mass is 230 g/mol. The topological polar surface area (TPSA) is 43.4 Å². The minimum Gasteiger partial charge on any atom is -0.468 e. The Balaban J connectivity index is 2.01. The maximum Gasteiger partial charge on any atom is 0.316 e. The van der Waals surface area contributed by atoms with Gasteiger partial charge in [0.2, 0.25) is 0 Å². The number of rotatable bonds is 2. The van der Waals surface area contributed by atoms with E-state index in [2.05, 4.69) is 0 Å². The Morgan fingerprint density at radius 1 is 1.29 bits per heavy atom. The fourth-order valence-corrected chi connectivity index (χ4v) is 2.68. The van der Waals surface area contributed by atoms with Crippen LogP contribution in [0, 0.1) is 0 Å². The Hall–Kier alpha value is -1.64. The Morgan fingerprint density at radius 2 is 2.06 bits per heavy atom. The van der Waals surface area contributed by atoms with Crippen molar-refractivity contribution in [1.29, 1.82) is 0 Å². The number of ether oxygens (including phenoxy) is 1. The minimum absolute atomic E-state index is 0.151. The number of hydrogen-bond donors (Lipinski definition) is 0. The molecule has 17 heavy (non-hydrogen) atoms. The van der Waals surface area contributed by atoms with Crippen molar-refractivity contribution in [2.45, 2.75) is 31.1 Å². The molecule has 3 nitrogen and oxygen atoms in total. The van der Waals surface area contributed by atoms with E-state index in [1.807, 2.05) is 18.2 Å². The SMILES string of the molecule is COC(=O)C1(c2ccc3c(c2)CCC3=O)CC1. The zero-order chi connectivity index (χ0) is 12.0. The van der Waals surface area contributed by atoms with E-state index in [4.69, 9.17) is 4.74 Å². The van der Waals surface area contributed by atoms with Crippen LogP contribution in [0.1, 0.15) is 40.7 Å². The van der Waals surface area contributed by atoms with E-state index in [9.17, 15) is 9.59 Å². The van der Waals surface area contributed by atoms with Gasteiger partial charge in [-0.2, -0.15) is 0 Å². The fourth-order valence-electron chi connectivity index (χ4n) is 2.68. The molecule has 1 saturated carbocycles. The second-order valence-corrected chi connectivity index (χ2v) is 4.87. The minimum atomic E-state index is -0.421. The van der Waals surface area contributed by atoms with Crippen LogP contribution in [-0.2, 0) is 21.4 Å². The third-order valence-corrected chi connectivity index (χ3v) is 3.91. The van der Waals surface area contributed by atoms with E-state index in [1.54, 1.807) is 0 Å². The second-order valence-electron chi connectivity index (χ2n) is 4.87. The van der Waals surface area contributed by atoms with Gasteiger partial charge in [0.05, 0.1) is 12.5 Å². The molecule has 1 aromatic carbocycles. The van der Waals surface area contributed by atoms with E-state index in [1.165, 1.54) is 7.11 Å². The average molecular weight is 230 g/mol. The highest BCUT2D eigenvalue weighted by Gasteiger charge is 2.52. The maximum atomic E-state index is 11.8. The number of methoxy groups -OCH3 is 1. The molecule has 3 heteroatoms. The molecule has 0 unspecified atom stereocenters. The quantitative estimate of drug-likeness (QED) is 0.730. The van der Waals surface area contributed by atoms with Crippen LogP contribution in [0.4, 0.5) is 0 Å². The highest BCUT2D eigenvalue weighted by atomic mass is 16.5. The largest absolute Gasteiger partial charge is 0.468 e. The number of fused-ring (bicyclic) bond motifs is 1. The Bertz CT molecular complexity index is 512. The third-order valence-electron chi connectivity index (χ3n) is 3.91. The van der Waals surface area contributed by atoms with Gasteiger partial charge in [0.15, 0.2) is 5.78 Å². The van der Waals surface area contributed by atoms with Gasteiger partial charge >= 0.3 is 5.97 Å². The second kappa shape index (κ2) is 3.42. The Kier molecular flexibility index (Phi) is 2.12. The predicted molar refractivity (Wildman–Crippen MR) is 62.0 cm³/mol. The van der Waals surface area contributed by atoms with E-state index < -0.39 is 5.41 Å². The summed E-state index contributed by atoms with van der Waals surface area (Å²) < 4.78 is 4.87. The van der Waals surface area contributed by atoms with E-state index in [-0.39, 0.29) is 11.8 Å². The number of carbonyl (C=O) groups excluding carboxylic acids is 2. The number of benzene rings is 1. The lowest BCUT2D eigenvalue weighted by Crippen LogP contribution is -2.22. The van der Waals surface area contributed by atoms with Crippen molar-refractivity contribution in [2.24, 2.45) is 0 Å². The summed E-state index contributed by atoms with van der Waals surface area (Å²) in [7, 11) is 1.43. The van der Waals surface area contributed by atoms with E-state index in [0.29, 0.717) is 6.42 Å². The number of ketones is 1. The van der Waals surface area contributed by atoms with Crippen LogP contribution in [0.15, 0.2) is 18.2 Å². The van der Waals surface area contributed by atoms with Crippen LogP contribution in [0.3, 0.4) is 0 Å². The summed E-state index contributed by atoms with van der Waals surface area (Å²) in [6.07, 6.45) is 3.11. The summed E-state index contributed by atoms with van der Waals surface area (Å²) in [5, 5.41) is 0. The summed E-state index contributed by atoms with van der Waals surface area (Å²) >= 11 is 0. The van der Waals surface area contributed by atoms with Crippen molar-refractivity contribution in [1.82, 2.24) is 0 Å². The van der Waals surface area contributed by atoms with Gasteiger partial charge in [-0.25, -0.2) is 0 Å². The molecule has 0 atom stereocenters. The van der Waals surface area contributed by atoms with E-state index in [0.717, 1.165) is 36.0 Å². The van der Waals surface area contributed by atoms with Crippen molar-refractivity contribution in [3.05, 3.63) is 34.9 Å². The lowest BCUT2D eigenvalue weighted by atomic mass is 9.93. The lowest BCUT2D eigenvalue weighted by Gasteiger charge is -2.14. The molecule has 0 aliphatic heterocycles. The Morgan fingerprint density at radius 3 is 2.71 bits per heavy atom. The van der Waals surface area contributed by atoms with Crippen LogP contribution in [0.5, 0.6) is 0 Å². The van der Waals surface area contributed by atoms with Crippen LogP contribution in [-0.4, -0.2) is 18.9 Å². The molecule has 2 aliphatic rings. The molecule has 0 spiro atoms. The van der Waals surface area contributed by atoms with Crippen molar-refractivity contribution in [2.75, 3.05) is 7.11 Å². The standard InChI is InChI=1S/C14H14O3/c1-17-13(16)14(6-7-14)10-3-4-11-9(8-10)2-5-12(11)15/h3-4,8H,2,5-7H2,1H3. The number of aryl methyl sites for hydroxylation is 1. The average Bonchev–Trinajstić information content (AvgIpc) is 3.09.